The molecule has 0 heterocycles. The molecule has 2 aromatic carbocycles. The van der Waals surface area contributed by atoms with Crippen molar-refractivity contribution < 1.29 is 35.2 Å². The molecule has 5 nitrogen and oxygen atoms in total. The lowest BCUT2D eigenvalue weighted by Gasteiger charge is -2.25. The SMILES string of the molecule is Cc1ccccc1[C@@H](Nc1cc(F)c(C(=O)N[C@H](C)/C=C/S(C)(=O)=O)cc1F)C(F)(F)F. The number of hydrogen-bond acceptors (Lipinski definition) is 4. The normalized spacial score (nSPS) is 14.2. The third kappa shape index (κ3) is 6.78. The van der Waals surface area contributed by atoms with Crippen LogP contribution in [0.4, 0.5) is 27.6 Å². The Morgan fingerprint density at radius 2 is 1.72 bits per heavy atom. The molecular formula is C21H21F5N2O3S. The predicted octanol–water partition coefficient (Wildman–Crippen LogP) is 4.67. The van der Waals surface area contributed by atoms with Crippen molar-refractivity contribution >= 4 is 21.4 Å². The quantitative estimate of drug-likeness (QED) is 0.570. The average Bonchev–Trinajstić information content (AvgIpc) is 2.66. The number of sulfone groups is 1. The average molecular weight is 476 g/mol. The first-order valence-electron chi connectivity index (χ1n) is 9.26. The van der Waals surface area contributed by atoms with E-state index in [9.17, 15) is 35.2 Å². The van der Waals surface area contributed by atoms with E-state index in [-0.39, 0.29) is 5.56 Å². The van der Waals surface area contributed by atoms with Crippen LogP contribution in [0.25, 0.3) is 0 Å². The second-order valence-electron chi connectivity index (χ2n) is 7.21. The summed E-state index contributed by atoms with van der Waals surface area (Å²) < 4.78 is 92.1. The highest BCUT2D eigenvalue weighted by Crippen LogP contribution is 2.37. The van der Waals surface area contributed by atoms with Gasteiger partial charge in [0.25, 0.3) is 5.91 Å². The standard InChI is InChI=1S/C21H21F5N2O3S/c1-12-6-4-5-7-14(12)19(21(24,25)26)28-18-11-16(22)15(10-17(18)23)20(29)27-13(2)8-9-32(3,30)31/h4-11,13,19,28H,1-3H3,(H,27,29)/b9-8+/t13-,19-/m1/s1. The minimum atomic E-state index is -4.81. The van der Waals surface area contributed by atoms with Gasteiger partial charge in [0.05, 0.1) is 11.3 Å². The number of rotatable bonds is 7. The van der Waals surface area contributed by atoms with E-state index in [0.29, 0.717) is 17.7 Å². The van der Waals surface area contributed by atoms with Gasteiger partial charge in [-0.3, -0.25) is 4.79 Å². The van der Waals surface area contributed by atoms with Crippen molar-refractivity contribution in [1.29, 1.82) is 0 Å². The van der Waals surface area contributed by atoms with Crippen LogP contribution >= 0.6 is 0 Å². The van der Waals surface area contributed by atoms with Crippen LogP contribution in [-0.4, -0.2) is 32.8 Å². The highest BCUT2D eigenvalue weighted by atomic mass is 32.2. The summed E-state index contributed by atoms with van der Waals surface area (Å²) in [4.78, 5) is 12.2. The van der Waals surface area contributed by atoms with Crippen molar-refractivity contribution in [2.75, 3.05) is 11.6 Å². The van der Waals surface area contributed by atoms with E-state index in [1.165, 1.54) is 32.0 Å². The van der Waals surface area contributed by atoms with Gasteiger partial charge in [0.1, 0.15) is 17.7 Å². The van der Waals surface area contributed by atoms with Crippen molar-refractivity contribution in [3.8, 4) is 0 Å². The van der Waals surface area contributed by atoms with Gasteiger partial charge in [-0.2, -0.15) is 13.2 Å². The van der Waals surface area contributed by atoms with Gasteiger partial charge < -0.3 is 10.6 Å². The Morgan fingerprint density at radius 3 is 2.28 bits per heavy atom. The largest absolute Gasteiger partial charge is 0.412 e. The maximum absolute atomic E-state index is 14.5. The van der Waals surface area contributed by atoms with Crippen LogP contribution < -0.4 is 10.6 Å². The van der Waals surface area contributed by atoms with Crippen molar-refractivity contribution in [2.45, 2.75) is 32.1 Å². The number of benzene rings is 2. The molecule has 0 aliphatic rings. The number of nitrogens with one attached hydrogen (secondary N) is 2. The first-order valence-corrected chi connectivity index (χ1v) is 11.2. The van der Waals surface area contributed by atoms with Crippen LogP contribution in [0.2, 0.25) is 0 Å². The van der Waals surface area contributed by atoms with Crippen LogP contribution in [0.1, 0.15) is 34.5 Å². The third-order valence-electron chi connectivity index (χ3n) is 4.40. The maximum Gasteiger partial charge on any atom is 0.412 e. The van der Waals surface area contributed by atoms with Crippen LogP contribution in [0, 0.1) is 18.6 Å². The summed E-state index contributed by atoms with van der Waals surface area (Å²) in [6, 6.07) is 3.43. The Bertz CT molecular complexity index is 1130. The first kappa shape index (κ1) is 25.3. The molecule has 0 aliphatic heterocycles. The topological polar surface area (TPSA) is 75.3 Å². The third-order valence-corrected chi connectivity index (χ3v) is 5.05. The molecule has 0 aromatic heterocycles. The van der Waals surface area contributed by atoms with Crippen LogP contribution in [0.15, 0.2) is 47.9 Å². The smallest absolute Gasteiger partial charge is 0.368 e. The van der Waals surface area contributed by atoms with Crippen LogP contribution in [0.3, 0.4) is 0 Å². The molecule has 0 fully saturated rings. The van der Waals surface area contributed by atoms with Crippen molar-refractivity contribution in [3.05, 3.63) is 76.2 Å². The van der Waals surface area contributed by atoms with Crippen LogP contribution in [0.5, 0.6) is 0 Å². The van der Waals surface area contributed by atoms with Gasteiger partial charge in [-0.1, -0.05) is 30.3 Å². The molecule has 0 saturated carbocycles. The maximum atomic E-state index is 14.5. The van der Waals surface area contributed by atoms with E-state index >= 15 is 0 Å². The summed E-state index contributed by atoms with van der Waals surface area (Å²) in [5, 5.41) is 5.07. The Morgan fingerprint density at radius 1 is 1.09 bits per heavy atom. The van der Waals surface area contributed by atoms with E-state index in [1.807, 2.05) is 5.32 Å². The molecule has 0 saturated heterocycles. The lowest BCUT2D eigenvalue weighted by Crippen LogP contribution is -2.32. The second kappa shape index (κ2) is 9.68. The zero-order chi connectivity index (χ0) is 24.3. The van der Waals surface area contributed by atoms with E-state index < -0.39 is 56.9 Å². The molecule has 0 radical (unpaired) electrons. The monoisotopic (exact) mass is 476 g/mol. The molecule has 11 heteroatoms. The molecule has 2 aromatic rings. The molecule has 2 N–H and O–H groups in total. The van der Waals surface area contributed by atoms with Crippen molar-refractivity contribution in [2.24, 2.45) is 0 Å². The number of carbonyl (C=O) groups is 1. The fraction of sp³-hybridized carbons (Fsp3) is 0.286. The van der Waals surface area contributed by atoms with Crippen molar-refractivity contribution in [3.63, 3.8) is 0 Å². The predicted molar refractivity (Wildman–Crippen MR) is 111 cm³/mol. The van der Waals surface area contributed by atoms with Gasteiger partial charge >= 0.3 is 6.18 Å². The van der Waals surface area contributed by atoms with Gasteiger partial charge in [-0.15, -0.1) is 0 Å². The summed E-state index contributed by atoms with van der Waals surface area (Å²) in [6.45, 7) is 2.86. The van der Waals surface area contributed by atoms with Crippen LogP contribution in [-0.2, 0) is 9.84 Å². The number of halogens is 5. The molecule has 2 atom stereocenters. The minimum absolute atomic E-state index is 0.159. The van der Waals surface area contributed by atoms with E-state index in [4.69, 9.17) is 0 Å². The number of carbonyl (C=O) groups excluding carboxylic acids is 1. The zero-order valence-electron chi connectivity index (χ0n) is 17.3. The number of aryl methyl sites for hydroxylation is 1. The fourth-order valence-corrected chi connectivity index (χ4v) is 3.35. The highest BCUT2D eigenvalue weighted by molar-refractivity contribution is 7.93. The molecule has 1 amide bonds. The van der Waals surface area contributed by atoms with Gasteiger partial charge in [-0.25, -0.2) is 17.2 Å². The van der Waals surface area contributed by atoms with Crippen molar-refractivity contribution in [1.82, 2.24) is 5.32 Å². The number of alkyl halides is 3. The van der Waals surface area contributed by atoms with Gasteiger partial charge in [-0.05, 0) is 31.0 Å². The fourth-order valence-electron chi connectivity index (χ4n) is 2.83. The summed E-state index contributed by atoms with van der Waals surface area (Å²) in [6.07, 6.45) is -2.75. The van der Waals surface area contributed by atoms with E-state index in [2.05, 4.69) is 5.32 Å². The first-order chi connectivity index (χ1) is 14.7. The Balaban J connectivity index is 2.31. The molecule has 0 spiro atoms. The summed E-state index contributed by atoms with van der Waals surface area (Å²) in [5.74, 6) is -3.58. The second-order valence-corrected chi connectivity index (χ2v) is 9.14. The molecule has 174 valence electrons. The Kier molecular flexibility index (Phi) is 7.66. The van der Waals surface area contributed by atoms with Gasteiger partial charge in [0.15, 0.2) is 9.84 Å². The molecular weight excluding hydrogens is 455 g/mol. The lowest BCUT2D eigenvalue weighted by atomic mass is 10.0. The summed E-state index contributed by atoms with van der Waals surface area (Å²) in [5.41, 5.74) is -1.37. The minimum Gasteiger partial charge on any atom is -0.368 e. The molecule has 0 aliphatic carbocycles. The summed E-state index contributed by atoms with van der Waals surface area (Å²) in [7, 11) is -3.46. The van der Waals surface area contributed by atoms with Gasteiger partial charge in [0.2, 0.25) is 0 Å². The summed E-state index contributed by atoms with van der Waals surface area (Å²) >= 11 is 0. The Labute approximate surface area is 182 Å². The zero-order valence-corrected chi connectivity index (χ0v) is 18.1. The number of anilines is 1. The Hall–Kier alpha value is -2.95. The lowest BCUT2D eigenvalue weighted by molar-refractivity contribution is -0.144. The number of amides is 1. The van der Waals surface area contributed by atoms with E-state index in [0.717, 1.165) is 17.7 Å². The molecule has 32 heavy (non-hydrogen) atoms. The van der Waals surface area contributed by atoms with E-state index in [1.54, 1.807) is 6.07 Å². The molecule has 0 bridgehead atoms. The molecule has 0 unspecified atom stereocenters. The highest BCUT2D eigenvalue weighted by Gasteiger charge is 2.42. The van der Waals surface area contributed by atoms with Gasteiger partial charge in [0, 0.05) is 23.8 Å². The number of hydrogen-bond donors (Lipinski definition) is 2. The molecule has 2 rings (SSSR count).